The quantitative estimate of drug-likeness (QED) is 0.818. The zero-order valence-corrected chi connectivity index (χ0v) is 8.84. The van der Waals surface area contributed by atoms with Gasteiger partial charge in [0.25, 0.3) is 0 Å². The smallest absolute Gasteiger partial charge is 0.339 e. The van der Waals surface area contributed by atoms with Gasteiger partial charge in [-0.25, -0.2) is 4.79 Å². The molecule has 0 fully saturated rings. The van der Waals surface area contributed by atoms with Gasteiger partial charge in [0.2, 0.25) is 5.89 Å². The Morgan fingerprint density at radius 3 is 2.81 bits per heavy atom. The van der Waals surface area contributed by atoms with Gasteiger partial charge in [0.15, 0.2) is 5.82 Å². The second-order valence-corrected chi connectivity index (χ2v) is 3.37. The fourth-order valence-corrected chi connectivity index (χ4v) is 1.35. The molecule has 2 heterocycles. The summed E-state index contributed by atoms with van der Waals surface area (Å²) in [5, 5.41) is 16.5. The van der Waals surface area contributed by atoms with Crippen molar-refractivity contribution in [3.63, 3.8) is 0 Å². The molecule has 0 aliphatic heterocycles. The first-order chi connectivity index (χ1) is 7.56. The normalized spacial score (nSPS) is 10.6. The second-order valence-electron chi connectivity index (χ2n) is 3.37. The van der Waals surface area contributed by atoms with E-state index in [-0.39, 0.29) is 12.1 Å². The maximum absolute atomic E-state index is 10.8. The number of aryl methyl sites for hydroxylation is 2. The number of aromatic carboxylic acids is 1. The minimum Gasteiger partial charge on any atom is -0.478 e. The van der Waals surface area contributed by atoms with Crippen LogP contribution in [0.5, 0.6) is 0 Å². The van der Waals surface area contributed by atoms with Crippen molar-refractivity contribution in [3.8, 4) is 0 Å². The molecule has 0 aliphatic carbocycles. The van der Waals surface area contributed by atoms with Crippen molar-refractivity contribution in [1.29, 1.82) is 0 Å². The zero-order chi connectivity index (χ0) is 11.7. The van der Waals surface area contributed by atoms with Gasteiger partial charge in [0.1, 0.15) is 12.1 Å². The molecule has 0 radical (unpaired) electrons. The molecule has 0 aliphatic rings. The fourth-order valence-electron chi connectivity index (χ4n) is 1.35. The number of aromatic nitrogens is 4. The van der Waals surface area contributed by atoms with Crippen LogP contribution in [0.2, 0.25) is 0 Å². The Balaban J connectivity index is 2.22. The summed E-state index contributed by atoms with van der Waals surface area (Å²) >= 11 is 0. The van der Waals surface area contributed by atoms with Crippen molar-refractivity contribution >= 4 is 5.97 Å². The predicted molar refractivity (Wildman–Crippen MR) is 52.1 cm³/mol. The fraction of sp³-hybridized carbons (Fsp3) is 0.333. The molecular formula is C9H10N4O3. The standard InChI is InChI=1S/C9H10N4O3/c1-5-7(9(14)15)3-13(11-5)4-8-10-6(2)12-16-8/h3H,4H2,1-2H3,(H,14,15). The van der Waals surface area contributed by atoms with Gasteiger partial charge in [-0.1, -0.05) is 5.16 Å². The number of carbonyl (C=O) groups is 1. The van der Waals surface area contributed by atoms with Crippen LogP contribution in [0.4, 0.5) is 0 Å². The van der Waals surface area contributed by atoms with Crippen LogP contribution in [0.25, 0.3) is 0 Å². The molecule has 0 atom stereocenters. The molecular weight excluding hydrogens is 212 g/mol. The Hall–Kier alpha value is -2.18. The maximum Gasteiger partial charge on any atom is 0.339 e. The first-order valence-electron chi connectivity index (χ1n) is 4.63. The van der Waals surface area contributed by atoms with Crippen LogP contribution in [0.3, 0.4) is 0 Å². The van der Waals surface area contributed by atoms with E-state index in [1.807, 2.05) is 0 Å². The number of rotatable bonds is 3. The van der Waals surface area contributed by atoms with Crippen molar-refractivity contribution in [2.24, 2.45) is 0 Å². The maximum atomic E-state index is 10.8. The molecule has 0 aromatic carbocycles. The first kappa shape index (κ1) is 10.3. The van der Waals surface area contributed by atoms with Gasteiger partial charge in [0, 0.05) is 6.20 Å². The third kappa shape index (κ3) is 1.92. The highest BCUT2D eigenvalue weighted by Gasteiger charge is 2.13. The van der Waals surface area contributed by atoms with Crippen molar-refractivity contribution in [2.45, 2.75) is 20.4 Å². The Morgan fingerprint density at radius 1 is 1.56 bits per heavy atom. The number of hydrogen-bond acceptors (Lipinski definition) is 5. The molecule has 0 spiro atoms. The van der Waals surface area contributed by atoms with E-state index in [1.165, 1.54) is 10.9 Å². The summed E-state index contributed by atoms with van der Waals surface area (Å²) in [4.78, 5) is 14.8. The van der Waals surface area contributed by atoms with Gasteiger partial charge in [0.05, 0.1) is 5.69 Å². The molecule has 0 saturated heterocycles. The Kier molecular flexibility index (Phi) is 2.43. The van der Waals surface area contributed by atoms with Crippen LogP contribution in [-0.2, 0) is 6.54 Å². The number of hydrogen-bond donors (Lipinski definition) is 1. The molecule has 7 heteroatoms. The van der Waals surface area contributed by atoms with Crippen LogP contribution >= 0.6 is 0 Å². The summed E-state index contributed by atoms with van der Waals surface area (Å²) < 4.78 is 6.37. The molecule has 84 valence electrons. The van der Waals surface area contributed by atoms with Crippen LogP contribution in [0, 0.1) is 13.8 Å². The lowest BCUT2D eigenvalue weighted by Gasteiger charge is -1.93. The SMILES string of the molecule is Cc1noc(Cn2cc(C(=O)O)c(C)n2)n1. The van der Waals surface area contributed by atoms with E-state index in [2.05, 4.69) is 15.2 Å². The summed E-state index contributed by atoms with van der Waals surface area (Å²) in [6.07, 6.45) is 1.44. The highest BCUT2D eigenvalue weighted by molar-refractivity contribution is 5.88. The monoisotopic (exact) mass is 222 g/mol. The Labute approximate surface area is 90.7 Å². The van der Waals surface area contributed by atoms with Crippen LogP contribution < -0.4 is 0 Å². The molecule has 7 nitrogen and oxygen atoms in total. The number of carboxylic acids is 1. The lowest BCUT2D eigenvalue weighted by atomic mass is 10.3. The van der Waals surface area contributed by atoms with Crippen molar-refractivity contribution in [3.05, 3.63) is 29.2 Å². The van der Waals surface area contributed by atoms with E-state index < -0.39 is 5.97 Å². The lowest BCUT2D eigenvalue weighted by Crippen LogP contribution is -2.00. The minimum absolute atomic E-state index is 0.177. The minimum atomic E-state index is -0.995. The van der Waals surface area contributed by atoms with Gasteiger partial charge < -0.3 is 9.63 Å². The third-order valence-corrected chi connectivity index (χ3v) is 2.04. The highest BCUT2D eigenvalue weighted by atomic mass is 16.5. The van der Waals surface area contributed by atoms with Crippen LogP contribution in [-0.4, -0.2) is 31.0 Å². The van der Waals surface area contributed by atoms with Gasteiger partial charge in [-0.05, 0) is 13.8 Å². The zero-order valence-electron chi connectivity index (χ0n) is 8.84. The van der Waals surface area contributed by atoms with Crippen molar-refractivity contribution in [1.82, 2.24) is 19.9 Å². The summed E-state index contributed by atoms with van der Waals surface area (Å²) in [6, 6.07) is 0. The first-order valence-corrected chi connectivity index (χ1v) is 4.63. The van der Waals surface area contributed by atoms with E-state index in [0.717, 1.165) is 0 Å². The second kappa shape index (κ2) is 3.76. The molecule has 0 bridgehead atoms. The molecule has 2 rings (SSSR count). The van der Waals surface area contributed by atoms with Crippen molar-refractivity contribution in [2.75, 3.05) is 0 Å². The van der Waals surface area contributed by atoms with E-state index in [4.69, 9.17) is 9.63 Å². The molecule has 2 aromatic heterocycles. The molecule has 0 amide bonds. The lowest BCUT2D eigenvalue weighted by molar-refractivity contribution is 0.0696. The van der Waals surface area contributed by atoms with E-state index >= 15 is 0 Å². The predicted octanol–water partition coefficient (Wildman–Crippen LogP) is 0.629. The molecule has 1 N–H and O–H groups in total. The Bertz CT molecular complexity index is 529. The summed E-state index contributed by atoms with van der Waals surface area (Å²) in [5.74, 6) is -0.0558. The van der Waals surface area contributed by atoms with E-state index in [9.17, 15) is 4.79 Å². The molecule has 2 aromatic rings. The van der Waals surface area contributed by atoms with Gasteiger partial charge >= 0.3 is 5.97 Å². The topological polar surface area (TPSA) is 94.0 Å². The van der Waals surface area contributed by atoms with Gasteiger partial charge in [-0.3, -0.25) is 4.68 Å². The average Bonchev–Trinajstić information content (AvgIpc) is 2.73. The summed E-state index contributed by atoms with van der Waals surface area (Å²) in [5.41, 5.74) is 0.639. The third-order valence-electron chi connectivity index (χ3n) is 2.04. The van der Waals surface area contributed by atoms with Gasteiger partial charge in [-0.2, -0.15) is 10.1 Å². The average molecular weight is 222 g/mol. The van der Waals surface area contributed by atoms with E-state index in [1.54, 1.807) is 13.8 Å². The van der Waals surface area contributed by atoms with Crippen molar-refractivity contribution < 1.29 is 14.4 Å². The number of carboxylic acid groups (broad SMARTS) is 1. The largest absolute Gasteiger partial charge is 0.478 e. The number of nitrogens with zero attached hydrogens (tertiary/aromatic N) is 4. The molecule has 0 saturated carbocycles. The highest BCUT2D eigenvalue weighted by Crippen LogP contribution is 2.07. The summed E-state index contributed by atoms with van der Waals surface area (Å²) in [6.45, 7) is 3.62. The van der Waals surface area contributed by atoms with Gasteiger partial charge in [-0.15, -0.1) is 0 Å². The molecule has 0 unspecified atom stereocenters. The van der Waals surface area contributed by atoms with Crippen LogP contribution in [0.15, 0.2) is 10.7 Å². The summed E-state index contributed by atoms with van der Waals surface area (Å²) in [7, 11) is 0. The van der Waals surface area contributed by atoms with Crippen LogP contribution in [0.1, 0.15) is 27.8 Å². The molecule has 16 heavy (non-hydrogen) atoms. The van der Waals surface area contributed by atoms with E-state index in [0.29, 0.717) is 17.4 Å². The Morgan fingerprint density at radius 2 is 2.31 bits per heavy atom.